The van der Waals surface area contributed by atoms with Crippen molar-refractivity contribution in [3.8, 4) is 0 Å². The number of sulfone groups is 1. The third-order valence-corrected chi connectivity index (χ3v) is 6.82. The van der Waals surface area contributed by atoms with Crippen molar-refractivity contribution in [1.29, 1.82) is 0 Å². The molecule has 1 spiro atoms. The van der Waals surface area contributed by atoms with Gasteiger partial charge in [-0.15, -0.1) is 0 Å². The molecule has 1 aromatic carbocycles. The van der Waals surface area contributed by atoms with Crippen LogP contribution in [0.5, 0.6) is 0 Å². The van der Waals surface area contributed by atoms with Gasteiger partial charge in [-0.2, -0.15) is 0 Å². The van der Waals surface area contributed by atoms with Crippen LogP contribution in [0.15, 0.2) is 69.8 Å². The van der Waals surface area contributed by atoms with Gasteiger partial charge < -0.3 is 4.74 Å². The van der Waals surface area contributed by atoms with E-state index < -0.39 is 9.84 Å². The Morgan fingerprint density at radius 3 is 2.30 bits per heavy atom. The number of benzene rings is 1. The van der Waals surface area contributed by atoms with E-state index in [9.17, 15) is 8.42 Å². The maximum atomic E-state index is 11.7. The monoisotopic (exact) mass is 404 g/mol. The molecule has 0 radical (unpaired) electrons. The van der Waals surface area contributed by atoms with Crippen LogP contribution in [0.4, 0.5) is 0 Å². The highest BCUT2D eigenvalue weighted by molar-refractivity contribution is 7.90. The summed E-state index contributed by atoms with van der Waals surface area (Å²) in [4.78, 5) is 0.355. The first-order chi connectivity index (χ1) is 12.6. The lowest BCUT2D eigenvalue weighted by atomic mass is 9.97. The summed E-state index contributed by atoms with van der Waals surface area (Å²) in [5, 5.41) is 0.372. The molecular weight excluding hydrogens is 380 g/mol. The van der Waals surface area contributed by atoms with Crippen molar-refractivity contribution in [3.05, 3.63) is 70.5 Å². The van der Waals surface area contributed by atoms with Gasteiger partial charge in [-0.25, -0.2) is 8.42 Å². The number of ether oxygens (including phenoxy) is 1. The second-order valence-electron chi connectivity index (χ2n) is 7.60. The Hall–Kier alpha value is -1.78. The predicted octanol–water partition coefficient (Wildman–Crippen LogP) is 5.65. The number of allylic oxidation sites excluding steroid dienone is 6. The smallest absolute Gasteiger partial charge is 0.175 e. The van der Waals surface area contributed by atoms with Crippen molar-refractivity contribution in [3.63, 3.8) is 0 Å². The third-order valence-electron chi connectivity index (χ3n) is 5.50. The second-order valence-corrected chi connectivity index (χ2v) is 10.1. The Morgan fingerprint density at radius 1 is 1.19 bits per heavy atom. The fourth-order valence-electron chi connectivity index (χ4n) is 3.68. The summed E-state index contributed by atoms with van der Waals surface area (Å²) in [7, 11) is -1.61. The molecule has 1 fully saturated rings. The quantitative estimate of drug-likeness (QED) is 0.454. The molecule has 0 aliphatic heterocycles. The SMILES string of the molecule is C=C(Cl)/C(=C\C=C(/C)C1=C(c2ccc(S(C)(=O)=O)cc2)CC2(CC2)C1)OC. The maximum Gasteiger partial charge on any atom is 0.175 e. The molecule has 2 aliphatic rings. The lowest BCUT2D eigenvalue weighted by molar-refractivity contribution is 0.305. The van der Waals surface area contributed by atoms with Gasteiger partial charge in [0.15, 0.2) is 9.84 Å². The molecule has 0 amide bonds. The van der Waals surface area contributed by atoms with Crippen molar-refractivity contribution in [2.75, 3.05) is 13.4 Å². The van der Waals surface area contributed by atoms with Gasteiger partial charge in [0.05, 0.1) is 17.0 Å². The van der Waals surface area contributed by atoms with Gasteiger partial charge in [0.25, 0.3) is 0 Å². The first-order valence-electron chi connectivity index (χ1n) is 8.95. The molecule has 3 rings (SSSR count). The lowest BCUT2D eigenvalue weighted by Crippen LogP contribution is -1.97. The van der Waals surface area contributed by atoms with Gasteiger partial charge >= 0.3 is 0 Å². The van der Waals surface area contributed by atoms with Crippen molar-refractivity contribution in [1.82, 2.24) is 0 Å². The second kappa shape index (κ2) is 7.33. The summed E-state index contributed by atoms with van der Waals surface area (Å²) in [6.45, 7) is 5.81. The molecule has 27 heavy (non-hydrogen) atoms. The molecule has 2 aliphatic carbocycles. The van der Waals surface area contributed by atoms with Crippen molar-refractivity contribution in [2.45, 2.75) is 37.5 Å². The van der Waals surface area contributed by atoms with E-state index in [1.165, 1.54) is 35.8 Å². The molecule has 0 saturated heterocycles. The van der Waals surface area contributed by atoms with E-state index in [1.54, 1.807) is 19.2 Å². The van der Waals surface area contributed by atoms with E-state index in [-0.39, 0.29) is 0 Å². The Balaban J connectivity index is 1.98. The van der Waals surface area contributed by atoms with Crippen LogP contribution in [0.1, 0.15) is 38.2 Å². The zero-order valence-electron chi connectivity index (χ0n) is 16.0. The highest BCUT2D eigenvalue weighted by Crippen LogP contribution is 2.62. The predicted molar refractivity (Wildman–Crippen MR) is 111 cm³/mol. The molecule has 5 heteroatoms. The maximum absolute atomic E-state index is 11.7. The van der Waals surface area contributed by atoms with E-state index in [0.29, 0.717) is 21.1 Å². The summed E-state index contributed by atoms with van der Waals surface area (Å²) in [6, 6.07) is 7.26. The average Bonchev–Trinajstić information content (AvgIpc) is 3.25. The minimum absolute atomic E-state index is 0.355. The Kier molecular flexibility index (Phi) is 5.42. The van der Waals surface area contributed by atoms with E-state index in [4.69, 9.17) is 16.3 Å². The first kappa shape index (κ1) is 20.0. The molecule has 0 aromatic heterocycles. The van der Waals surface area contributed by atoms with Crippen molar-refractivity contribution >= 4 is 27.0 Å². The topological polar surface area (TPSA) is 43.4 Å². The van der Waals surface area contributed by atoms with Gasteiger partial charge in [0, 0.05) is 6.26 Å². The van der Waals surface area contributed by atoms with Crippen LogP contribution < -0.4 is 0 Å². The van der Waals surface area contributed by atoms with Crippen LogP contribution in [0.3, 0.4) is 0 Å². The van der Waals surface area contributed by atoms with Gasteiger partial charge in [0.2, 0.25) is 0 Å². The average molecular weight is 405 g/mol. The van der Waals surface area contributed by atoms with Crippen LogP contribution in [-0.4, -0.2) is 21.8 Å². The summed E-state index contributed by atoms with van der Waals surface area (Å²) in [5.41, 5.74) is 5.34. The fourth-order valence-corrected chi connectivity index (χ4v) is 4.45. The zero-order chi connectivity index (χ0) is 19.8. The number of halogens is 1. The van der Waals surface area contributed by atoms with Gasteiger partial charge in [-0.3, -0.25) is 0 Å². The third kappa shape index (κ3) is 4.39. The lowest BCUT2D eigenvalue weighted by Gasteiger charge is -2.09. The number of rotatable bonds is 6. The molecule has 144 valence electrons. The van der Waals surface area contributed by atoms with Crippen LogP contribution in [0.25, 0.3) is 5.57 Å². The number of hydrogen-bond donors (Lipinski definition) is 0. The molecule has 1 aromatic rings. The largest absolute Gasteiger partial charge is 0.495 e. The molecule has 1 saturated carbocycles. The zero-order valence-corrected chi connectivity index (χ0v) is 17.6. The van der Waals surface area contributed by atoms with Crippen molar-refractivity contribution < 1.29 is 13.2 Å². The van der Waals surface area contributed by atoms with Crippen LogP contribution >= 0.6 is 11.6 Å². The Morgan fingerprint density at radius 2 is 1.81 bits per heavy atom. The van der Waals surface area contributed by atoms with E-state index in [2.05, 4.69) is 13.5 Å². The number of methoxy groups -OCH3 is 1. The highest BCUT2D eigenvalue weighted by atomic mass is 35.5. The molecule has 3 nitrogen and oxygen atoms in total. The molecule has 0 bridgehead atoms. The van der Waals surface area contributed by atoms with Gasteiger partial charge in [-0.1, -0.05) is 36.4 Å². The minimum Gasteiger partial charge on any atom is -0.495 e. The van der Waals surface area contributed by atoms with Crippen LogP contribution in [0.2, 0.25) is 0 Å². The van der Waals surface area contributed by atoms with Crippen LogP contribution in [0, 0.1) is 5.41 Å². The highest BCUT2D eigenvalue weighted by Gasteiger charge is 2.48. The summed E-state index contributed by atoms with van der Waals surface area (Å²) < 4.78 is 28.7. The minimum atomic E-state index is -3.18. The summed E-state index contributed by atoms with van der Waals surface area (Å²) >= 11 is 5.94. The summed E-state index contributed by atoms with van der Waals surface area (Å²) in [5.74, 6) is 0.551. The standard InChI is InChI=1S/C22H25ClO3S/c1-15(5-10-21(26-3)16(2)23)19-13-22(11-12-22)14-20(19)17-6-8-18(9-7-17)27(4,24)25/h5-10H,2,11-14H2,1,3-4H3/b15-5+,21-10+. The van der Waals surface area contributed by atoms with Gasteiger partial charge in [-0.05, 0) is 78.5 Å². The normalized spacial score (nSPS) is 19.6. The Labute approximate surface area is 167 Å². The van der Waals surface area contributed by atoms with E-state index >= 15 is 0 Å². The van der Waals surface area contributed by atoms with E-state index in [0.717, 1.165) is 18.4 Å². The van der Waals surface area contributed by atoms with Crippen LogP contribution in [-0.2, 0) is 14.6 Å². The first-order valence-corrected chi connectivity index (χ1v) is 11.2. The Bertz CT molecular complexity index is 959. The summed E-state index contributed by atoms with van der Waals surface area (Å²) in [6.07, 6.45) is 9.73. The van der Waals surface area contributed by atoms with Crippen molar-refractivity contribution in [2.24, 2.45) is 5.41 Å². The van der Waals surface area contributed by atoms with E-state index in [1.807, 2.05) is 24.3 Å². The molecule has 0 atom stereocenters. The number of hydrogen-bond acceptors (Lipinski definition) is 3. The molecule has 0 heterocycles. The fraction of sp³-hybridized carbons (Fsp3) is 0.364. The van der Waals surface area contributed by atoms with Gasteiger partial charge in [0.1, 0.15) is 5.76 Å². The molecular formula is C22H25ClO3S. The molecule has 0 unspecified atom stereocenters. The molecule has 0 N–H and O–H groups in total.